The summed E-state index contributed by atoms with van der Waals surface area (Å²) in [6.45, 7) is 1.95. The van der Waals surface area contributed by atoms with Crippen LogP contribution in [0.1, 0.15) is 12.5 Å². The van der Waals surface area contributed by atoms with Gasteiger partial charge < -0.3 is 0 Å². The van der Waals surface area contributed by atoms with Crippen LogP contribution in [0.4, 0.5) is 0 Å². The van der Waals surface area contributed by atoms with Crippen LogP contribution in [0.3, 0.4) is 0 Å². The van der Waals surface area contributed by atoms with E-state index in [2.05, 4.69) is 15.9 Å². The van der Waals surface area contributed by atoms with Gasteiger partial charge in [0.05, 0.1) is 4.90 Å². The molecule has 0 radical (unpaired) electrons. The first-order valence-corrected chi connectivity index (χ1v) is 6.79. The predicted molar refractivity (Wildman–Crippen MR) is 56.6 cm³/mol. The summed E-state index contributed by atoms with van der Waals surface area (Å²) in [4.78, 5) is 0.133. The van der Waals surface area contributed by atoms with Gasteiger partial charge in [0.25, 0.3) is 9.05 Å². The third-order valence-electron chi connectivity index (χ3n) is 1.69. The van der Waals surface area contributed by atoms with Gasteiger partial charge in [0.15, 0.2) is 0 Å². The van der Waals surface area contributed by atoms with Crippen molar-refractivity contribution < 1.29 is 8.42 Å². The van der Waals surface area contributed by atoms with Crippen LogP contribution in [-0.4, -0.2) is 8.42 Å². The Morgan fingerprint density at radius 3 is 2.54 bits per heavy atom. The second-order valence-electron chi connectivity index (χ2n) is 2.52. The van der Waals surface area contributed by atoms with Crippen LogP contribution >= 0.6 is 26.6 Å². The first-order chi connectivity index (χ1) is 5.96. The van der Waals surface area contributed by atoms with Crippen molar-refractivity contribution in [2.45, 2.75) is 18.2 Å². The molecule has 0 bridgehead atoms. The SMILES string of the molecule is CCc1cccc(S(=O)(=O)Cl)c1Br. The zero-order valence-electron chi connectivity index (χ0n) is 6.92. The molecule has 0 heterocycles. The van der Waals surface area contributed by atoms with E-state index in [9.17, 15) is 8.42 Å². The molecule has 0 fully saturated rings. The third-order valence-corrected chi connectivity index (χ3v) is 4.25. The van der Waals surface area contributed by atoms with E-state index in [1.807, 2.05) is 13.0 Å². The quantitative estimate of drug-likeness (QED) is 0.782. The van der Waals surface area contributed by atoms with E-state index in [4.69, 9.17) is 10.7 Å². The van der Waals surface area contributed by atoms with E-state index in [0.717, 1.165) is 12.0 Å². The summed E-state index contributed by atoms with van der Waals surface area (Å²) < 4.78 is 22.7. The molecule has 0 saturated heterocycles. The van der Waals surface area contributed by atoms with Crippen LogP contribution in [0.5, 0.6) is 0 Å². The highest BCUT2D eigenvalue weighted by molar-refractivity contribution is 9.10. The lowest BCUT2D eigenvalue weighted by Gasteiger charge is -2.04. The molecular weight excluding hydrogens is 276 g/mol. The molecule has 0 saturated carbocycles. The molecule has 1 aromatic rings. The molecule has 0 spiro atoms. The Bertz CT molecular complexity index is 414. The summed E-state index contributed by atoms with van der Waals surface area (Å²) in [6.07, 6.45) is 0.765. The molecule has 72 valence electrons. The van der Waals surface area contributed by atoms with Crippen molar-refractivity contribution in [1.82, 2.24) is 0 Å². The second kappa shape index (κ2) is 3.98. The third kappa shape index (κ3) is 2.45. The molecule has 0 aliphatic heterocycles. The number of halogens is 2. The summed E-state index contributed by atoms with van der Waals surface area (Å²) in [6, 6.07) is 5.01. The summed E-state index contributed by atoms with van der Waals surface area (Å²) in [5, 5.41) is 0. The van der Waals surface area contributed by atoms with Crippen molar-refractivity contribution in [2.75, 3.05) is 0 Å². The second-order valence-corrected chi connectivity index (χ2v) is 5.85. The summed E-state index contributed by atoms with van der Waals surface area (Å²) >= 11 is 3.21. The lowest BCUT2D eigenvalue weighted by atomic mass is 10.2. The molecule has 5 heteroatoms. The molecular formula is C8H8BrClO2S. The molecule has 0 amide bonds. The first kappa shape index (κ1) is 11.0. The topological polar surface area (TPSA) is 34.1 Å². The Balaban J connectivity index is 3.41. The zero-order valence-corrected chi connectivity index (χ0v) is 10.1. The highest BCUT2D eigenvalue weighted by Crippen LogP contribution is 2.28. The molecule has 0 aliphatic carbocycles. The molecule has 2 nitrogen and oxygen atoms in total. The number of rotatable bonds is 2. The summed E-state index contributed by atoms with van der Waals surface area (Å²) in [7, 11) is 1.59. The minimum Gasteiger partial charge on any atom is -0.207 e. The molecule has 1 rings (SSSR count). The van der Waals surface area contributed by atoms with Gasteiger partial charge >= 0.3 is 0 Å². The van der Waals surface area contributed by atoms with Gasteiger partial charge in [-0.1, -0.05) is 19.1 Å². The van der Waals surface area contributed by atoms with Crippen molar-refractivity contribution in [2.24, 2.45) is 0 Å². The van der Waals surface area contributed by atoms with E-state index < -0.39 is 9.05 Å². The predicted octanol–water partition coefficient (Wildman–Crippen LogP) is 2.94. The smallest absolute Gasteiger partial charge is 0.207 e. The minimum atomic E-state index is -3.64. The minimum absolute atomic E-state index is 0.133. The van der Waals surface area contributed by atoms with Crippen molar-refractivity contribution in [3.63, 3.8) is 0 Å². The largest absolute Gasteiger partial charge is 0.262 e. The molecule has 0 atom stereocenters. The zero-order chi connectivity index (χ0) is 10.1. The maximum absolute atomic E-state index is 11.1. The molecule has 0 unspecified atom stereocenters. The summed E-state index contributed by atoms with van der Waals surface area (Å²) in [5.74, 6) is 0. The van der Waals surface area contributed by atoms with Crippen LogP contribution in [0.2, 0.25) is 0 Å². The summed E-state index contributed by atoms with van der Waals surface area (Å²) in [5.41, 5.74) is 0.932. The molecule has 1 aromatic carbocycles. The van der Waals surface area contributed by atoms with Crippen LogP contribution in [0.25, 0.3) is 0 Å². The normalized spacial score (nSPS) is 11.6. The fourth-order valence-electron chi connectivity index (χ4n) is 1.02. The van der Waals surface area contributed by atoms with E-state index in [0.29, 0.717) is 4.47 Å². The van der Waals surface area contributed by atoms with Gasteiger partial charge in [-0.15, -0.1) is 0 Å². The van der Waals surface area contributed by atoms with Crippen LogP contribution < -0.4 is 0 Å². The van der Waals surface area contributed by atoms with Gasteiger partial charge in [0, 0.05) is 15.2 Å². The van der Waals surface area contributed by atoms with E-state index in [1.54, 1.807) is 6.07 Å². The maximum Gasteiger partial charge on any atom is 0.262 e. The number of hydrogen-bond donors (Lipinski definition) is 0. The van der Waals surface area contributed by atoms with Crippen LogP contribution in [0, 0.1) is 0 Å². The lowest BCUT2D eigenvalue weighted by Crippen LogP contribution is -1.94. The van der Waals surface area contributed by atoms with Gasteiger partial charge in [-0.25, -0.2) is 8.42 Å². The van der Waals surface area contributed by atoms with Crippen molar-refractivity contribution >= 4 is 35.7 Å². The average molecular weight is 284 g/mol. The maximum atomic E-state index is 11.1. The molecule has 0 N–H and O–H groups in total. The fourth-order valence-corrected chi connectivity index (χ4v) is 3.45. The van der Waals surface area contributed by atoms with Crippen LogP contribution in [0.15, 0.2) is 27.6 Å². The molecule has 0 aromatic heterocycles. The molecule has 0 aliphatic rings. The number of benzene rings is 1. The number of hydrogen-bond acceptors (Lipinski definition) is 2. The Kier molecular flexibility index (Phi) is 3.38. The van der Waals surface area contributed by atoms with Crippen molar-refractivity contribution in [3.8, 4) is 0 Å². The Labute approximate surface area is 90.5 Å². The van der Waals surface area contributed by atoms with E-state index in [1.165, 1.54) is 6.07 Å². The Hall–Kier alpha value is -0.0600. The van der Waals surface area contributed by atoms with Gasteiger partial charge in [0.2, 0.25) is 0 Å². The highest BCUT2D eigenvalue weighted by atomic mass is 79.9. The van der Waals surface area contributed by atoms with Gasteiger partial charge in [-0.3, -0.25) is 0 Å². The lowest BCUT2D eigenvalue weighted by molar-refractivity contribution is 0.609. The van der Waals surface area contributed by atoms with Gasteiger partial charge in [-0.05, 0) is 34.0 Å². The molecule has 13 heavy (non-hydrogen) atoms. The monoisotopic (exact) mass is 282 g/mol. The van der Waals surface area contributed by atoms with Gasteiger partial charge in [0.1, 0.15) is 0 Å². The van der Waals surface area contributed by atoms with Crippen molar-refractivity contribution in [3.05, 3.63) is 28.2 Å². The Morgan fingerprint density at radius 1 is 1.46 bits per heavy atom. The number of aryl methyl sites for hydroxylation is 1. The van der Waals surface area contributed by atoms with Crippen LogP contribution in [-0.2, 0) is 15.5 Å². The first-order valence-electron chi connectivity index (χ1n) is 3.69. The van der Waals surface area contributed by atoms with E-state index >= 15 is 0 Å². The van der Waals surface area contributed by atoms with Crippen molar-refractivity contribution in [1.29, 1.82) is 0 Å². The Morgan fingerprint density at radius 2 is 2.08 bits per heavy atom. The standard InChI is InChI=1S/C8H8BrClO2S/c1-2-6-4-3-5-7(8(6)9)13(10,11)12/h3-5H,2H2,1H3. The highest BCUT2D eigenvalue weighted by Gasteiger charge is 2.15. The van der Waals surface area contributed by atoms with E-state index in [-0.39, 0.29) is 4.90 Å². The average Bonchev–Trinajstić information content (AvgIpc) is 2.02. The van der Waals surface area contributed by atoms with Gasteiger partial charge in [-0.2, -0.15) is 0 Å². The fraction of sp³-hybridized carbons (Fsp3) is 0.250.